The molecule has 0 aromatic carbocycles. The molecule has 0 bridgehead atoms. The molecule has 1 N–H and O–H groups in total. The van der Waals surface area contributed by atoms with Crippen LogP contribution in [0.2, 0.25) is 5.02 Å². The highest BCUT2D eigenvalue weighted by Crippen LogP contribution is 2.18. The monoisotopic (exact) mass is 213 g/mol. The van der Waals surface area contributed by atoms with Crippen LogP contribution in [0.15, 0.2) is 18.5 Å². The Bertz CT molecular complexity index is 328. The number of nitrogens with one attached hydrogen (secondary N) is 1. The van der Waals surface area contributed by atoms with Crippen LogP contribution in [-0.4, -0.2) is 36.4 Å². The average Bonchev–Trinajstić information content (AvgIpc) is 2.07. The van der Waals surface area contributed by atoms with Crippen LogP contribution in [0.3, 0.4) is 0 Å². The van der Waals surface area contributed by atoms with Crippen molar-refractivity contribution < 1.29 is 4.79 Å². The molecule has 5 heteroatoms. The van der Waals surface area contributed by atoms with Gasteiger partial charge in [-0.25, -0.2) is 0 Å². The molecule has 1 aromatic rings. The maximum atomic E-state index is 11.3. The number of pyridine rings is 1. The maximum Gasteiger partial charge on any atom is 0.238 e. The Kier molecular flexibility index (Phi) is 3.85. The summed E-state index contributed by atoms with van der Waals surface area (Å²) in [5.74, 6) is -0.107. The molecule has 0 aliphatic heterocycles. The Morgan fingerprint density at radius 3 is 2.93 bits per heavy atom. The second kappa shape index (κ2) is 4.93. The predicted molar refractivity (Wildman–Crippen MR) is 56.4 cm³/mol. The van der Waals surface area contributed by atoms with E-state index < -0.39 is 0 Å². The fourth-order valence-electron chi connectivity index (χ4n) is 0.946. The summed E-state index contributed by atoms with van der Waals surface area (Å²) in [6, 6.07) is 1.63. The van der Waals surface area contributed by atoms with Crippen molar-refractivity contribution in [2.45, 2.75) is 0 Å². The largest absolute Gasteiger partial charge is 0.322 e. The molecule has 0 spiro atoms. The van der Waals surface area contributed by atoms with Crippen LogP contribution < -0.4 is 5.32 Å². The van der Waals surface area contributed by atoms with Gasteiger partial charge >= 0.3 is 0 Å². The van der Waals surface area contributed by atoms with Gasteiger partial charge in [0.2, 0.25) is 5.91 Å². The third-order valence-corrected chi connectivity index (χ3v) is 1.83. The number of anilines is 1. The van der Waals surface area contributed by atoms with E-state index in [9.17, 15) is 4.79 Å². The first-order valence-electron chi connectivity index (χ1n) is 4.13. The summed E-state index contributed by atoms with van der Waals surface area (Å²) >= 11 is 5.84. The average molecular weight is 214 g/mol. The molecule has 0 fully saturated rings. The first-order valence-corrected chi connectivity index (χ1v) is 4.51. The van der Waals surface area contributed by atoms with E-state index in [4.69, 9.17) is 11.6 Å². The lowest BCUT2D eigenvalue weighted by Gasteiger charge is -2.10. The third-order valence-electron chi connectivity index (χ3n) is 1.50. The zero-order valence-corrected chi connectivity index (χ0v) is 8.88. The predicted octanol–water partition coefficient (Wildman–Crippen LogP) is 1.24. The van der Waals surface area contributed by atoms with Crippen molar-refractivity contribution in [2.24, 2.45) is 0 Å². The summed E-state index contributed by atoms with van der Waals surface area (Å²) in [5.41, 5.74) is 0.543. The molecule has 0 unspecified atom stereocenters. The van der Waals surface area contributed by atoms with E-state index >= 15 is 0 Å². The summed E-state index contributed by atoms with van der Waals surface area (Å²) in [6.07, 6.45) is 3.10. The molecule has 1 aromatic heterocycles. The van der Waals surface area contributed by atoms with E-state index in [1.54, 1.807) is 17.2 Å². The van der Waals surface area contributed by atoms with E-state index in [0.717, 1.165) is 0 Å². The van der Waals surface area contributed by atoms with Gasteiger partial charge in [0, 0.05) is 6.20 Å². The topological polar surface area (TPSA) is 45.2 Å². The van der Waals surface area contributed by atoms with Crippen LogP contribution in [0.1, 0.15) is 0 Å². The number of nitrogens with zero attached hydrogens (tertiary/aromatic N) is 2. The lowest BCUT2D eigenvalue weighted by atomic mass is 10.4. The number of rotatable bonds is 3. The molecule has 0 saturated carbocycles. The molecule has 76 valence electrons. The van der Waals surface area contributed by atoms with Crippen LogP contribution in [0.4, 0.5) is 5.69 Å². The minimum absolute atomic E-state index is 0.107. The number of hydrogen-bond acceptors (Lipinski definition) is 3. The van der Waals surface area contributed by atoms with Crippen LogP contribution in [-0.2, 0) is 4.79 Å². The normalized spacial score (nSPS) is 10.3. The Morgan fingerprint density at radius 2 is 2.36 bits per heavy atom. The highest BCUT2D eigenvalue weighted by atomic mass is 35.5. The van der Waals surface area contributed by atoms with E-state index in [-0.39, 0.29) is 5.91 Å². The summed E-state index contributed by atoms with van der Waals surface area (Å²) in [7, 11) is 3.65. The number of hydrogen-bond donors (Lipinski definition) is 1. The summed E-state index contributed by atoms with van der Waals surface area (Å²) in [4.78, 5) is 17.0. The van der Waals surface area contributed by atoms with E-state index in [1.165, 1.54) is 6.20 Å². The molecule has 1 amide bonds. The molecule has 0 aliphatic carbocycles. The molecule has 0 radical (unpaired) electrons. The molecule has 0 saturated heterocycles. The van der Waals surface area contributed by atoms with Gasteiger partial charge in [0.25, 0.3) is 0 Å². The SMILES string of the molecule is CN(C)CC(=O)Nc1cnccc1Cl. The standard InChI is InChI=1S/C9H12ClN3O/c1-13(2)6-9(14)12-8-5-11-4-3-7(8)10/h3-5H,6H2,1-2H3,(H,12,14). The van der Waals surface area contributed by atoms with Gasteiger partial charge in [-0.05, 0) is 20.2 Å². The molecule has 14 heavy (non-hydrogen) atoms. The van der Waals surface area contributed by atoms with Gasteiger partial charge in [-0.1, -0.05) is 11.6 Å². The zero-order chi connectivity index (χ0) is 10.6. The fraction of sp³-hybridized carbons (Fsp3) is 0.333. The number of amides is 1. The van der Waals surface area contributed by atoms with Gasteiger partial charge in [-0.2, -0.15) is 0 Å². The summed E-state index contributed by atoms with van der Waals surface area (Å²) < 4.78 is 0. The number of halogens is 1. The van der Waals surface area contributed by atoms with Gasteiger partial charge in [-0.15, -0.1) is 0 Å². The van der Waals surface area contributed by atoms with Crippen LogP contribution in [0.25, 0.3) is 0 Å². The second-order valence-corrected chi connectivity index (χ2v) is 3.55. The molecule has 1 heterocycles. The molecule has 4 nitrogen and oxygen atoms in total. The molecule has 1 rings (SSSR count). The Hall–Kier alpha value is -1.13. The molecule has 0 aliphatic rings. The van der Waals surface area contributed by atoms with E-state index in [1.807, 2.05) is 14.1 Å². The molecular weight excluding hydrogens is 202 g/mol. The van der Waals surface area contributed by atoms with Crippen molar-refractivity contribution >= 4 is 23.2 Å². The van der Waals surface area contributed by atoms with Gasteiger partial charge in [0.05, 0.1) is 23.5 Å². The lowest BCUT2D eigenvalue weighted by Crippen LogP contribution is -2.27. The van der Waals surface area contributed by atoms with E-state index in [2.05, 4.69) is 10.3 Å². The summed E-state index contributed by atoms with van der Waals surface area (Å²) in [5, 5.41) is 3.16. The van der Waals surface area contributed by atoms with Crippen molar-refractivity contribution in [2.75, 3.05) is 26.0 Å². The molecule has 0 atom stereocenters. The van der Waals surface area contributed by atoms with Crippen molar-refractivity contribution in [3.63, 3.8) is 0 Å². The van der Waals surface area contributed by atoms with Crippen LogP contribution in [0, 0.1) is 0 Å². The number of likely N-dealkylation sites (N-methyl/N-ethyl adjacent to an activating group) is 1. The lowest BCUT2D eigenvalue weighted by molar-refractivity contribution is -0.116. The number of carbonyl (C=O) groups excluding carboxylic acids is 1. The Balaban J connectivity index is 2.61. The molecular formula is C9H12ClN3O. The Labute approximate surface area is 87.9 Å². The third kappa shape index (κ3) is 3.32. The number of aromatic nitrogens is 1. The first-order chi connectivity index (χ1) is 6.59. The van der Waals surface area contributed by atoms with Gasteiger partial charge < -0.3 is 10.2 Å². The quantitative estimate of drug-likeness (QED) is 0.822. The minimum atomic E-state index is -0.107. The van der Waals surface area contributed by atoms with Crippen LogP contribution in [0.5, 0.6) is 0 Å². The second-order valence-electron chi connectivity index (χ2n) is 3.14. The van der Waals surface area contributed by atoms with Crippen molar-refractivity contribution in [1.82, 2.24) is 9.88 Å². The highest BCUT2D eigenvalue weighted by molar-refractivity contribution is 6.33. The first kappa shape index (κ1) is 10.9. The fourth-order valence-corrected chi connectivity index (χ4v) is 1.10. The zero-order valence-electron chi connectivity index (χ0n) is 8.12. The smallest absolute Gasteiger partial charge is 0.238 e. The highest BCUT2D eigenvalue weighted by Gasteiger charge is 2.05. The van der Waals surface area contributed by atoms with Gasteiger partial charge in [0.15, 0.2) is 0 Å². The van der Waals surface area contributed by atoms with Crippen molar-refractivity contribution in [3.05, 3.63) is 23.5 Å². The van der Waals surface area contributed by atoms with Gasteiger partial charge in [-0.3, -0.25) is 9.78 Å². The summed E-state index contributed by atoms with van der Waals surface area (Å²) in [6.45, 7) is 0.325. The number of carbonyl (C=O) groups is 1. The van der Waals surface area contributed by atoms with Crippen LogP contribution >= 0.6 is 11.6 Å². The van der Waals surface area contributed by atoms with Crippen molar-refractivity contribution in [3.8, 4) is 0 Å². The Morgan fingerprint density at radius 1 is 1.64 bits per heavy atom. The minimum Gasteiger partial charge on any atom is -0.322 e. The van der Waals surface area contributed by atoms with Crippen molar-refractivity contribution in [1.29, 1.82) is 0 Å². The van der Waals surface area contributed by atoms with E-state index in [0.29, 0.717) is 17.3 Å². The maximum absolute atomic E-state index is 11.3. The van der Waals surface area contributed by atoms with Gasteiger partial charge in [0.1, 0.15) is 0 Å².